The van der Waals surface area contributed by atoms with Crippen molar-refractivity contribution in [3.8, 4) is 5.75 Å². The molecule has 1 N–H and O–H groups in total. The average molecular weight is 246 g/mol. The van der Waals surface area contributed by atoms with Gasteiger partial charge in [-0.15, -0.1) is 0 Å². The van der Waals surface area contributed by atoms with Crippen LogP contribution in [0.1, 0.15) is 16.8 Å². The minimum Gasteiger partial charge on any atom is -0.497 e. The Kier molecular flexibility index (Phi) is 3.62. The number of nitrogens with zero attached hydrogens (tertiary/aromatic N) is 1. The second-order valence-electron chi connectivity index (χ2n) is 4.82. The average Bonchev–Trinajstić information content (AvgIpc) is 2.60. The molecule has 98 valence electrons. The van der Waals surface area contributed by atoms with Gasteiger partial charge in [0.15, 0.2) is 0 Å². The second kappa shape index (κ2) is 5.02. The van der Waals surface area contributed by atoms with E-state index in [1.807, 2.05) is 7.05 Å². The number of hydrogen-bond donors (Lipinski definition) is 1. The molecule has 0 radical (unpaired) electrons. The maximum Gasteiger partial charge on any atom is 0.119 e. The summed E-state index contributed by atoms with van der Waals surface area (Å²) in [6.45, 7) is 5.33. The Morgan fingerprint density at radius 3 is 2.61 bits per heavy atom. The van der Waals surface area contributed by atoms with Gasteiger partial charge in [0.25, 0.3) is 0 Å². The SMILES string of the molecule is CNCCc1c(C)n(C)c2c(C)cc(OC)cc12. The molecular weight excluding hydrogens is 224 g/mol. The molecule has 0 spiro atoms. The lowest BCUT2D eigenvalue weighted by molar-refractivity contribution is 0.415. The van der Waals surface area contributed by atoms with E-state index in [9.17, 15) is 0 Å². The van der Waals surface area contributed by atoms with Gasteiger partial charge in [-0.05, 0) is 57.1 Å². The molecule has 0 saturated heterocycles. The van der Waals surface area contributed by atoms with Crippen LogP contribution in [0.4, 0.5) is 0 Å². The molecule has 2 rings (SSSR count). The van der Waals surface area contributed by atoms with Crippen LogP contribution in [0.25, 0.3) is 10.9 Å². The molecule has 3 heteroatoms. The van der Waals surface area contributed by atoms with Crippen LogP contribution >= 0.6 is 0 Å². The number of methoxy groups -OCH3 is 1. The van der Waals surface area contributed by atoms with E-state index in [1.54, 1.807) is 7.11 Å². The number of aryl methyl sites for hydroxylation is 2. The fraction of sp³-hybridized carbons (Fsp3) is 0.467. The highest BCUT2D eigenvalue weighted by molar-refractivity contribution is 5.89. The first-order valence-corrected chi connectivity index (χ1v) is 6.37. The lowest BCUT2D eigenvalue weighted by Crippen LogP contribution is -2.10. The molecule has 0 unspecified atom stereocenters. The number of rotatable bonds is 4. The fourth-order valence-corrected chi connectivity index (χ4v) is 2.67. The molecule has 0 amide bonds. The molecule has 0 bridgehead atoms. The van der Waals surface area contributed by atoms with Crippen molar-refractivity contribution >= 4 is 10.9 Å². The van der Waals surface area contributed by atoms with E-state index in [2.05, 4.69) is 42.9 Å². The molecule has 1 aromatic carbocycles. The summed E-state index contributed by atoms with van der Waals surface area (Å²) >= 11 is 0. The Bertz CT molecular complexity index is 570. The highest BCUT2D eigenvalue weighted by atomic mass is 16.5. The summed E-state index contributed by atoms with van der Waals surface area (Å²) < 4.78 is 7.67. The topological polar surface area (TPSA) is 26.2 Å². The summed E-state index contributed by atoms with van der Waals surface area (Å²) in [7, 11) is 5.86. The zero-order valence-corrected chi connectivity index (χ0v) is 11.9. The van der Waals surface area contributed by atoms with Crippen LogP contribution in [0.2, 0.25) is 0 Å². The van der Waals surface area contributed by atoms with Gasteiger partial charge >= 0.3 is 0 Å². The van der Waals surface area contributed by atoms with E-state index in [0.717, 1.165) is 18.7 Å². The van der Waals surface area contributed by atoms with Gasteiger partial charge in [0.2, 0.25) is 0 Å². The first-order valence-electron chi connectivity index (χ1n) is 6.37. The summed E-state index contributed by atoms with van der Waals surface area (Å²) in [6.07, 6.45) is 1.05. The normalized spacial score (nSPS) is 11.2. The first-order chi connectivity index (χ1) is 8.60. The fourth-order valence-electron chi connectivity index (χ4n) is 2.67. The van der Waals surface area contributed by atoms with Gasteiger partial charge in [-0.3, -0.25) is 0 Å². The van der Waals surface area contributed by atoms with Crippen molar-refractivity contribution in [2.75, 3.05) is 20.7 Å². The summed E-state index contributed by atoms with van der Waals surface area (Å²) in [4.78, 5) is 0. The molecule has 3 nitrogen and oxygen atoms in total. The van der Waals surface area contributed by atoms with E-state index in [0.29, 0.717) is 0 Å². The second-order valence-corrected chi connectivity index (χ2v) is 4.82. The van der Waals surface area contributed by atoms with Crippen LogP contribution in [0, 0.1) is 13.8 Å². The molecule has 18 heavy (non-hydrogen) atoms. The third-order valence-corrected chi connectivity index (χ3v) is 3.74. The highest BCUT2D eigenvalue weighted by Gasteiger charge is 2.14. The van der Waals surface area contributed by atoms with Crippen LogP contribution < -0.4 is 10.1 Å². The number of hydrogen-bond acceptors (Lipinski definition) is 2. The molecule has 0 atom stereocenters. The summed E-state index contributed by atoms with van der Waals surface area (Å²) in [5, 5.41) is 4.54. The molecule has 1 heterocycles. The summed E-state index contributed by atoms with van der Waals surface area (Å²) in [5.74, 6) is 0.941. The summed E-state index contributed by atoms with van der Waals surface area (Å²) in [5.41, 5.74) is 5.35. The molecular formula is C15H22N2O. The number of benzene rings is 1. The lowest BCUT2D eigenvalue weighted by atomic mass is 10.1. The van der Waals surface area contributed by atoms with Crippen molar-refractivity contribution in [1.82, 2.24) is 9.88 Å². The minimum atomic E-state index is 0.941. The molecule has 0 fully saturated rings. The monoisotopic (exact) mass is 246 g/mol. The molecule has 0 aliphatic heterocycles. The van der Waals surface area contributed by atoms with Crippen molar-refractivity contribution in [3.63, 3.8) is 0 Å². The summed E-state index contributed by atoms with van der Waals surface area (Å²) in [6, 6.07) is 4.25. The molecule has 0 aliphatic carbocycles. The smallest absolute Gasteiger partial charge is 0.119 e. The van der Waals surface area contributed by atoms with Gasteiger partial charge in [-0.25, -0.2) is 0 Å². The van der Waals surface area contributed by atoms with Crippen LogP contribution in [-0.2, 0) is 13.5 Å². The Morgan fingerprint density at radius 2 is 2.00 bits per heavy atom. The number of likely N-dealkylation sites (N-methyl/N-ethyl adjacent to an activating group) is 1. The van der Waals surface area contributed by atoms with E-state index in [1.165, 1.54) is 27.7 Å². The number of fused-ring (bicyclic) bond motifs is 1. The zero-order valence-electron chi connectivity index (χ0n) is 11.9. The molecule has 2 aromatic rings. The van der Waals surface area contributed by atoms with Crippen molar-refractivity contribution in [2.45, 2.75) is 20.3 Å². The van der Waals surface area contributed by atoms with Gasteiger partial charge in [0.1, 0.15) is 5.75 Å². The number of nitrogens with one attached hydrogen (secondary N) is 1. The van der Waals surface area contributed by atoms with Gasteiger partial charge in [0.05, 0.1) is 12.6 Å². The number of ether oxygens (including phenoxy) is 1. The highest BCUT2D eigenvalue weighted by Crippen LogP contribution is 2.31. The van der Waals surface area contributed by atoms with Crippen molar-refractivity contribution in [2.24, 2.45) is 7.05 Å². The third kappa shape index (κ3) is 1.99. The predicted molar refractivity (Wildman–Crippen MR) is 76.6 cm³/mol. The predicted octanol–water partition coefficient (Wildman–Crippen LogP) is 2.57. The first kappa shape index (κ1) is 13.0. The maximum atomic E-state index is 5.39. The maximum absolute atomic E-state index is 5.39. The van der Waals surface area contributed by atoms with E-state index in [4.69, 9.17) is 4.74 Å². The Balaban J connectivity index is 2.68. The molecule has 0 aliphatic rings. The van der Waals surface area contributed by atoms with E-state index in [-0.39, 0.29) is 0 Å². The Hall–Kier alpha value is -1.48. The van der Waals surface area contributed by atoms with Crippen LogP contribution in [-0.4, -0.2) is 25.3 Å². The Labute approximate surface area is 109 Å². The van der Waals surface area contributed by atoms with Gasteiger partial charge in [0, 0.05) is 18.1 Å². The van der Waals surface area contributed by atoms with Crippen LogP contribution in [0.5, 0.6) is 5.75 Å². The largest absolute Gasteiger partial charge is 0.497 e. The zero-order chi connectivity index (χ0) is 13.3. The van der Waals surface area contributed by atoms with E-state index >= 15 is 0 Å². The molecule has 0 saturated carbocycles. The van der Waals surface area contributed by atoms with Gasteiger partial charge in [-0.2, -0.15) is 0 Å². The van der Waals surface area contributed by atoms with Crippen LogP contribution in [0.3, 0.4) is 0 Å². The number of aromatic nitrogens is 1. The third-order valence-electron chi connectivity index (χ3n) is 3.74. The van der Waals surface area contributed by atoms with E-state index < -0.39 is 0 Å². The molecule has 1 aromatic heterocycles. The van der Waals surface area contributed by atoms with Crippen LogP contribution in [0.15, 0.2) is 12.1 Å². The van der Waals surface area contributed by atoms with Crippen molar-refractivity contribution in [1.29, 1.82) is 0 Å². The minimum absolute atomic E-state index is 0.941. The Morgan fingerprint density at radius 1 is 1.28 bits per heavy atom. The quantitative estimate of drug-likeness (QED) is 0.897. The van der Waals surface area contributed by atoms with Crippen molar-refractivity contribution in [3.05, 3.63) is 29.0 Å². The van der Waals surface area contributed by atoms with Gasteiger partial charge < -0.3 is 14.6 Å². The standard InChI is InChI=1S/C15H22N2O/c1-10-8-12(18-5)9-14-13(6-7-16-3)11(2)17(4)15(10)14/h8-9,16H,6-7H2,1-5H3. The van der Waals surface area contributed by atoms with Crippen molar-refractivity contribution < 1.29 is 4.74 Å². The van der Waals surface area contributed by atoms with Gasteiger partial charge in [-0.1, -0.05) is 0 Å². The lowest BCUT2D eigenvalue weighted by Gasteiger charge is -2.06.